The van der Waals surface area contributed by atoms with Gasteiger partial charge in [-0.3, -0.25) is 0 Å². The van der Waals surface area contributed by atoms with Crippen LogP contribution in [0.25, 0.3) is 0 Å². The molecule has 0 aromatic heterocycles. The standard InChI is InChI=1S/C16H27NO2/c1-11(2)13(4)19-10-15-9-14(12(3)17-5)7-8-16(15)18-6/h7-9,11-13,17H,10H2,1-6H3. The van der Waals surface area contributed by atoms with Crippen LogP contribution in [-0.2, 0) is 11.3 Å². The van der Waals surface area contributed by atoms with Gasteiger partial charge in [0.15, 0.2) is 0 Å². The molecule has 0 radical (unpaired) electrons. The van der Waals surface area contributed by atoms with E-state index in [0.29, 0.717) is 18.6 Å². The van der Waals surface area contributed by atoms with Crippen LogP contribution in [-0.4, -0.2) is 20.3 Å². The lowest BCUT2D eigenvalue weighted by Gasteiger charge is -2.19. The molecule has 0 heterocycles. The van der Waals surface area contributed by atoms with Gasteiger partial charge in [0.2, 0.25) is 0 Å². The molecule has 1 rings (SSSR count). The normalized spacial score (nSPS) is 14.5. The van der Waals surface area contributed by atoms with Gasteiger partial charge in [0, 0.05) is 11.6 Å². The van der Waals surface area contributed by atoms with Gasteiger partial charge in [0.1, 0.15) is 5.75 Å². The van der Waals surface area contributed by atoms with Crippen LogP contribution < -0.4 is 10.1 Å². The summed E-state index contributed by atoms with van der Waals surface area (Å²) < 4.78 is 11.3. The van der Waals surface area contributed by atoms with Crippen molar-refractivity contribution < 1.29 is 9.47 Å². The predicted molar refractivity (Wildman–Crippen MR) is 79.6 cm³/mol. The van der Waals surface area contributed by atoms with Gasteiger partial charge in [0.05, 0.1) is 19.8 Å². The lowest BCUT2D eigenvalue weighted by atomic mass is 10.0. The lowest BCUT2D eigenvalue weighted by Crippen LogP contribution is -2.16. The van der Waals surface area contributed by atoms with Crippen LogP contribution in [0.5, 0.6) is 5.75 Å². The molecule has 0 saturated heterocycles. The van der Waals surface area contributed by atoms with E-state index in [1.165, 1.54) is 5.56 Å². The zero-order chi connectivity index (χ0) is 14.4. The molecule has 2 atom stereocenters. The highest BCUT2D eigenvalue weighted by molar-refractivity contribution is 5.38. The third-order valence-electron chi connectivity index (χ3n) is 3.68. The van der Waals surface area contributed by atoms with Crippen molar-refractivity contribution in [2.24, 2.45) is 5.92 Å². The van der Waals surface area contributed by atoms with Crippen molar-refractivity contribution in [1.82, 2.24) is 5.32 Å². The van der Waals surface area contributed by atoms with Crippen molar-refractivity contribution in [2.45, 2.75) is 46.4 Å². The minimum atomic E-state index is 0.245. The molecule has 2 unspecified atom stereocenters. The van der Waals surface area contributed by atoms with Crippen molar-refractivity contribution in [1.29, 1.82) is 0 Å². The van der Waals surface area contributed by atoms with Crippen LogP contribution in [0.15, 0.2) is 18.2 Å². The second-order valence-corrected chi connectivity index (χ2v) is 5.34. The quantitative estimate of drug-likeness (QED) is 0.818. The van der Waals surface area contributed by atoms with Crippen molar-refractivity contribution in [3.8, 4) is 5.75 Å². The van der Waals surface area contributed by atoms with E-state index in [9.17, 15) is 0 Å². The smallest absolute Gasteiger partial charge is 0.124 e. The van der Waals surface area contributed by atoms with Crippen LogP contribution in [0.3, 0.4) is 0 Å². The molecule has 0 amide bonds. The Labute approximate surface area is 117 Å². The van der Waals surface area contributed by atoms with E-state index in [1.807, 2.05) is 13.1 Å². The van der Waals surface area contributed by atoms with Gasteiger partial charge in [-0.05, 0) is 44.5 Å². The first-order chi connectivity index (χ1) is 8.99. The highest BCUT2D eigenvalue weighted by Crippen LogP contribution is 2.24. The fraction of sp³-hybridized carbons (Fsp3) is 0.625. The van der Waals surface area contributed by atoms with Crippen LogP contribution in [0, 0.1) is 5.92 Å². The van der Waals surface area contributed by atoms with Crippen molar-refractivity contribution >= 4 is 0 Å². The lowest BCUT2D eigenvalue weighted by molar-refractivity contribution is 0.0226. The van der Waals surface area contributed by atoms with E-state index in [4.69, 9.17) is 9.47 Å². The summed E-state index contributed by atoms with van der Waals surface area (Å²) in [6.45, 7) is 9.18. The van der Waals surface area contributed by atoms with Crippen molar-refractivity contribution in [2.75, 3.05) is 14.2 Å². The van der Waals surface area contributed by atoms with Gasteiger partial charge in [-0.25, -0.2) is 0 Å². The first kappa shape index (κ1) is 16.0. The Morgan fingerprint density at radius 1 is 1.16 bits per heavy atom. The minimum Gasteiger partial charge on any atom is -0.496 e. The van der Waals surface area contributed by atoms with E-state index in [2.05, 4.69) is 45.1 Å². The van der Waals surface area contributed by atoms with Crippen molar-refractivity contribution in [3.05, 3.63) is 29.3 Å². The van der Waals surface area contributed by atoms with Crippen molar-refractivity contribution in [3.63, 3.8) is 0 Å². The number of benzene rings is 1. The fourth-order valence-corrected chi connectivity index (χ4v) is 1.76. The number of nitrogens with one attached hydrogen (secondary N) is 1. The number of methoxy groups -OCH3 is 1. The molecular formula is C16H27NO2. The molecule has 0 spiro atoms. The number of ether oxygens (including phenoxy) is 2. The molecule has 0 aliphatic heterocycles. The maximum atomic E-state index is 5.90. The molecule has 3 nitrogen and oxygen atoms in total. The first-order valence-corrected chi connectivity index (χ1v) is 6.95. The zero-order valence-electron chi connectivity index (χ0n) is 13.0. The first-order valence-electron chi connectivity index (χ1n) is 6.95. The van der Waals surface area contributed by atoms with Gasteiger partial charge in [-0.1, -0.05) is 19.9 Å². The highest BCUT2D eigenvalue weighted by Gasteiger charge is 2.12. The summed E-state index contributed by atoms with van der Waals surface area (Å²) in [5.74, 6) is 1.41. The molecule has 1 aromatic carbocycles. The van der Waals surface area contributed by atoms with E-state index in [0.717, 1.165) is 11.3 Å². The van der Waals surface area contributed by atoms with Gasteiger partial charge in [0.25, 0.3) is 0 Å². The molecule has 0 aliphatic carbocycles. The Morgan fingerprint density at radius 3 is 2.37 bits per heavy atom. The molecule has 108 valence electrons. The Morgan fingerprint density at radius 2 is 1.84 bits per heavy atom. The zero-order valence-corrected chi connectivity index (χ0v) is 13.0. The molecule has 0 bridgehead atoms. The minimum absolute atomic E-state index is 0.245. The van der Waals surface area contributed by atoms with Gasteiger partial charge in [-0.15, -0.1) is 0 Å². The summed E-state index contributed by atoms with van der Waals surface area (Å²) in [5.41, 5.74) is 2.36. The largest absolute Gasteiger partial charge is 0.496 e. The Balaban J connectivity index is 2.84. The van der Waals surface area contributed by atoms with E-state index >= 15 is 0 Å². The van der Waals surface area contributed by atoms with E-state index in [1.54, 1.807) is 7.11 Å². The Kier molecular flexibility index (Phi) is 6.32. The van der Waals surface area contributed by atoms with E-state index < -0.39 is 0 Å². The molecular weight excluding hydrogens is 238 g/mol. The van der Waals surface area contributed by atoms with Gasteiger partial charge >= 0.3 is 0 Å². The summed E-state index contributed by atoms with van der Waals surface area (Å²) in [5, 5.41) is 3.25. The van der Waals surface area contributed by atoms with E-state index in [-0.39, 0.29) is 6.10 Å². The highest BCUT2D eigenvalue weighted by atomic mass is 16.5. The maximum Gasteiger partial charge on any atom is 0.124 e. The molecule has 1 aromatic rings. The summed E-state index contributed by atoms with van der Waals surface area (Å²) in [6.07, 6.45) is 0.245. The van der Waals surface area contributed by atoms with Crippen LogP contribution in [0.1, 0.15) is 44.9 Å². The SMILES string of the molecule is CNC(C)c1ccc(OC)c(COC(C)C(C)C)c1. The predicted octanol–water partition coefficient (Wildman–Crippen LogP) is 3.54. The van der Waals surface area contributed by atoms with Crippen LogP contribution in [0.4, 0.5) is 0 Å². The topological polar surface area (TPSA) is 30.5 Å². The Bertz CT molecular complexity index is 390. The van der Waals surface area contributed by atoms with Crippen LogP contribution in [0.2, 0.25) is 0 Å². The average molecular weight is 265 g/mol. The summed E-state index contributed by atoms with van der Waals surface area (Å²) in [7, 11) is 3.66. The number of hydrogen-bond acceptors (Lipinski definition) is 3. The molecule has 0 saturated carbocycles. The summed E-state index contributed by atoms with van der Waals surface area (Å²) in [4.78, 5) is 0. The number of hydrogen-bond donors (Lipinski definition) is 1. The average Bonchev–Trinajstić information content (AvgIpc) is 2.43. The Hall–Kier alpha value is -1.06. The molecule has 1 N–H and O–H groups in total. The molecule has 0 aliphatic rings. The second-order valence-electron chi connectivity index (χ2n) is 5.34. The molecule has 19 heavy (non-hydrogen) atoms. The number of rotatable bonds is 7. The second kappa shape index (κ2) is 7.51. The molecule has 3 heteroatoms. The summed E-state index contributed by atoms with van der Waals surface area (Å²) in [6, 6.07) is 6.59. The monoisotopic (exact) mass is 265 g/mol. The van der Waals surface area contributed by atoms with Crippen LogP contribution >= 0.6 is 0 Å². The summed E-state index contributed by atoms with van der Waals surface area (Å²) >= 11 is 0. The fourth-order valence-electron chi connectivity index (χ4n) is 1.76. The third-order valence-corrected chi connectivity index (χ3v) is 3.68. The van der Waals surface area contributed by atoms with Gasteiger partial charge < -0.3 is 14.8 Å². The third kappa shape index (κ3) is 4.51. The van der Waals surface area contributed by atoms with Gasteiger partial charge in [-0.2, -0.15) is 0 Å². The maximum absolute atomic E-state index is 5.90. The molecule has 0 fully saturated rings.